The molecule has 0 fully saturated rings. The van der Waals surface area contributed by atoms with Crippen molar-refractivity contribution in [2.45, 2.75) is 11.9 Å². The summed E-state index contributed by atoms with van der Waals surface area (Å²) in [5.41, 5.74) is 2.35. The van der Waals surface area contributed by atoms with Crippen molar-refractivity contribution < 1.29 is 13.9 Å². The standard InChI is InChI=1S/C19H16ClFN4O2S/c1-3-27-18(26)12-6-11(8-22-9-12)14-10-23-19(25-17(14)28-2)24-13-4-5-16(21)15(20)7-13/h4-10H,3H2,1-2H3,(H,23,24,25). The van der Waals surface area contributed by atoms with E-state index >= 15 is 0 Å². The van der Waals surface area contributed by atoms with Crippen LogP contribution in [0.1, 0.15) is 17.3 Å². The van der Waals surface area contributed by atoms with Gasteiger partial charge >= 0.3 is 5.97 Å². The van der Waals surface area contributed by atoms with E-state index < -0.39 is 11.8 Å². The Morgan fingerprint density at radius 2 is 2.11 bits per heavy atom. The van der Waals surface area contributed by atoms with Crippen molar-refractivity contribution in [2.24, 2.45) is 0 Å². The van der Waals surface area contributed by atoms with E-state index in [1.807, 2.05) is 6.26 Å². The maximum Gasteiger partial charge on any atom is 0.339 e. The van der Waals surface area contributed by atoms with Crippen LogP contribution in [0.4, 0.5) is 16.0 Å². The largest absolute Gasteiger partial charge is 0.462 e. The summed E-state index contributed by atoms with van der Waals surface area (Å²) in [4.78, 5) is 24.9. The van der Waals surface area contributed by atoms with Gasteiger partial charge in [-0.3, -0.25) is 4.98 Å². The molecule has 9 heteroatoms. The molecule has 0 atom stereocenters. The van der Waals surface area contributed by atoms with Gasteiger partial charge in [-0.15, -0.1) is 11.8 Å². The van der Waals surface area contributed by atoms with Crippen molar-refractivity contribution in [1.82, 2.24) is 15.0 Å². The summed E-state index contributed by atoms with van der Waals surface area (Å²) in [6, 6.07) is 5.96. The molecule has 1 N–H and O–H groups in total. The first-order valence-electron chi connectivity index (χ1n) is 8.27. The summed E-state index contributed by atoms with van der Waals surface area (Å²) in [6.45, 7) is 2.03. The van der Waals surface area contributed by atoms with Gasteiger partial charge in [0.2, 0.25) is 5.95 Å². The van der Waals surface area contributed by atoms with Crippen molar-refractivity contribution in [3.05, 3.63) is 59.3 Å². The number of carbonyl (C=O) groups is 1. The van der Waals surface area contributed by atoms with E-state index in [0.717, 1.165) is 5.56 Å². The molecule has 28 heavy (non-hydrogen) atoms. The molecule has 0 amide bonds. The molecule has 2 aromatic heterocycles. The maximum atomic E-state index is 13.3. The average molecular weight is 419 g/mol. The Balaban J connectivity index is 1.90. The van der Waals surface area contributed by atoms with Gasteiger partial charge in [0.05, 0.1) is 17.2 Å². The molecule has 0 aliphatic heterocycles. The Bertz CT molecular complexity index is 1020. The number of nitrogens with one attached hydrogen (secondary N) is 1. The number of esters is 1. The number of pyridine rings is 1. The van der Waals surface area contributed by atoms with Crippen molar-refractivity contribution in [1.29, 1.82) is 0 Å². The predicted molar refractivity (Wildman–Crippen MR) is 108 cm³/mol. The molecule has 3 aromatic rings. The third kappa shape index (κ3) is 4.58. The molecular formula is C19H16ClFN4O2S. The highest BCUT2D eigenvalue weighted by Crippen LogP contribution is 2.30. The molecule has 0 aliphatic rings. The number of hydrogen-bond donors (Lipinski definition) is 1. The smallest absolute Gasteiger partial charge is 0.339 e. The fourth-order valence-corrected chi connectivity index (χ4v) is 3.15. The highest BCUT2D eigenvalue weighted by atomic mass is 35.5. The zero-order valence-electron chi connectivity index (χ0n) is 15.1. The van der Waals surface area contributed by atoms with E-state index in [0.29, 0.717) is 27.8 Å². The van der Waals surface area contributed by atoms with Gasteiger partial charge in [-0.1, -0.05) is 11.6 Å². The molecule has 6 nitrogen and oxygen atoms in total. The Kier molecular flexibility index (Phi) is 6.43. The molecule has 0 radical (unpaired) electrons. The molecule has 0 unspecified atom stereocenters. The predicted octanol–water partition coefficient (Wildman–Crippen LogP) is 4.97. The van der Waals surface area contributed by atoms with E-state index in [9.17, 15) is 9.18 Å². The fourth-order valence-electron chi connectivity index (χ4n) is 2.40. The molecule has 0 aliphatic carbocycles. The first kappa shape index (κ1) is 20.0. The number of nitrogens with zero attached hydrogens (tertiary/aromatic N) is 3. The number of thioether (sulfide) groups is 1. The molecule has 1 aromatic carbocycles. The molecule has 2 heterocycles. The van der Waals surface area contributed by atoms with E-state index in [2.05, 4.69) is 20.3 Å². The number of ether oxygens (including phenoxy) is 1. The third-order valence-electron chi connectivity index (χ3n) is 3.68. The highest BCUT2D eigenvalue weighted by molar-refractivity contribution is 7.98. The van der Waals surface area contributed by atoms with Crippen LogP contribution in [-0.4, -0.2) is 33.8 Å². The summed E-state index contributed by atoms with van der Waals surface area (Å²) in [5, 5.41) is 3.69. The second kappa shape index (κ2) is 8.99. The monoisotopic (exact) mass is 418 g/mol. The number of halogens is 2. The SMILES string of the molecule is CCOC(=O)c1cncc(-c2cnc(Nc3ccc(F)c(Cl)c3)nc2SC)c1. The lowest BCUT2D eigenvalue weighted by atomic mass is 10.1. The van der Waals surface area contributed by atoms with Crippen LogP contribution in [0.3, 0.4) is 0 Å². The molecule has 0 saturated heterocycles. The van der Waals surface area contributed by atoms with Crippen molar-refractivity contribution >= 4 is 41.0 Å². The quantitative estimate of drug-likeness (QED) is 0.344. The van der Waals surface area contributed by atoms with Crippen molar-refractivity contribution in [3.8, 4) is 11.1 Å². The Morgan fingerprint density at radius 3 is 2.82 bits per heavy atom. The van der Waals surface area contributed by atoms with Gasteiger partial charge in [0.25, 0.3) is 0 Å². The summed E-state index contributed by atoms with van der Waals surface area (Å²) < 4.78 is 18.3. The van der Waals surface area contributed by atoms with Crippen LogP contribution in [0.2, 0.25) is 5.02 Å². The normalized spacial score (nSPS) is 10.6. The lowest BCUT2D eigenvalue weighted by molar-refractivity contribution is 0.0526. The zero-order valence-corrected chi connectivity index (χ0v) is 16.6. The van der Waals surface area contributed by atoms with Crippen molar-refractivity contribution in [2.75, 3.05) is 18.2 Å². The lowest BCUT2D eigenvalue weighted by Gasteiger charge is -2.11. The number of carbonyl (C=O) groups excluding carboxylic acids is 1. The van der Waals surface area contributed by atoms with Crippen LogP contribution >= 0.6 is 23.4 Å². The minimum atomic E-state index is -0.498. The molecule has 0 spiro atoms. The summed E-state index contributed by atoms with van der Waals surface area (Å²) in [5.74, 6) is -0.595. The maximum absolute atomic E-state index is 13.3. The van der Waals surface area contributed by atoms with Crippen LogP contribution in [0.25, 0.3) is 11.1 Å². The summed E-state index contributed by atoms with van der Waals surface area (Å²) >= 11 is 7.23. The van der Waals surface area contributed by atoms with Gasteiger partial charge in [0.15, 0.2) is 0 Å². The number of anilines is 2. The summed E-state index contributed by atoms with van der Waals surface area (Å²) in [6.07, 6.45) is 6.61. The molecule has 0 saturated carbocycles. The third-order valence-corrected chi connectivity index (χ3v) is 4.67. The van der Waals surface area contributed by atoms with Crippen LogP contribution in [-0.2, 0) is 4.74 Å². The van der Waals surface area contributed by atoms with Gasteiger partial charge in [-0.2, -0.15) is 0 Å². The topological polar surface area (TPSA) is 77.0 Å². The number of benzene rings is 1. The van der Waals surface area contributed by atoms with Gasteiger partial charge in [0.1, 0.15) is 10.8 Å². The van der Waals surface area contributed by atoms with Gasteiger partial charge in [-0.25, -0.2) is 19.2 Å². The molecule has 3 rings (SSSR count). The Morgan fingerprint density at radius 1 is 1.29 bits per heavy atom. The van der Waals surface area contributed by atoms with E-state index in [-0.39, 0.29) is 11.6 Å². The van der Waals surface area contributed by atoms with Gasteiger partial charge in [0, 0.05) is 35.4 Å². The second-order valence-corrected chi connectivity index (χ2v) is 6.76. The fraction of sp³-hybridized carbons (Fsp3) is 0.158. The van der Waals surface area contributed by atoms with Crippen LogP contribution in [0, 0.1) is 5.82 Å². The van der Waals surface area contributed by atoms with Crippen LogP contribution < -0.4 is 5.32 Å². The van der Waals surface area contributed by atoms with Crippen LogP contribution in [0.15, 0.2) is 47.9 Å². The average Bonchev–Trinajstić information content (AvgIpc) is 2.71. The van der Waals surface area contributed by atoms with Crippen molar-refractivity contribution in [3.63, 3.8) is 0 Å². The molecule has 144 valence electrons. The number of rotatable bonds is 6. The Labute approximate surface area is 170 Å². The Hall–Kier alpha value is -2.71. The highest BCUT2D eigenvalue weighted by Gasteiger charge is 2.13. The lowest BCUT2D eigenvalue weighted by Crippen LogP contribution is -2.05. The molecule has 0 bridgehead atoms. The minimum Gasteiger partial charge on any atom is -0.462 e. The second-order valence-electron chi connectivity index (χ2n) is 5.55. The first-order valence-corrected chi connectivity index (χ1v) is 9.87. The zero-order chi connectivity index (χ0) is 20.1. The van der Waals surface area contributed by atoms with Gasteiger partial charge in [-0.05, 0) is 37.4 Å². The summed E-state index contributed by atoms with van der Waals surface area (Å²) in [7, 11) is 0. The number of aromatic nitrogens is 3. The molecular weight excluding hydrogens is 403 g/mol. The van der Waals surface area contributed by atoms with Crippen LogP contribution in [0.5, 0.6) is 0 Å². The minimum absolute atomic E-state index is 0.00793. The first-order chi connectivity index (χ1) is 13.5. The number of hydrogen-bond acceptors (Lipinski definition) is 7. The van der Waals surface area contributed by atoms with E-state index in [4.69, 9.17) is 16.3 Å². The van der Waals surface area contributed by atoms with Gasteiger partial charge < -0.3 is 10.1 Å². The van der Waals surface area contributed by atoms with E-state index in [1.54, 1.807) is 31.5 Å². The van der Waals surface area contributed by atoms with E-state index in [1.165, 1.54) is 30.1 Å².